The molecule has 2 heterocycles. The van der Waals surface area contributed by atoms with Crippen LogP contribution in [0.2, 0.25) is 0 Å². The average Bonchev–Trinajstić information content (AvgIpc) is 3.18. The molecule has 3 fully saturated rings. The number of piperidine rings is 1. The summed E-state index contributed by atoms with van der Waals surface area (Å²) in [5.74, 6) is 1.42. The first kappa shape index (κ1) is 19.5. The number of thioether (sulfide) groups is 1. The monoisotopic (exact) mass is 370 g/mol. The summed E-state index contributed by atoms with van der Waals surface area (Å²) in [5, 5.41) is 4.07. The molecule has 5 nitrogen and oxygen atoms in total. The predicted molar refractivity (Wildman–Crippen MR) is 102 cm³/mol. The molecule has 3 rings (SSSR count). The summed E-state index contributed by atoms with van der Waals surface area (Å²) in [6.45, 7) is 3.13. The molecule has 1 amide bonds. The smallest absolute Gasteiger partial charge is 0.248 e. The van der Waals surface area contributed by atoms with Crippen LogP contribution in [0.1, 0.15) is 51.4 Å². The number of hydrogen-bond donors (Lipinski definition) is 1. The zero-order chi connectivity index (χ0) is 17.5. The first-order valence-corrected chi connectivity index (χ1v) is 11.1. The second-order valence-electron chi connectivity index (χ2n) is 7.64. The summed E-state index contributed by atoms with van der Waals surface area (Å²) in [6, 6.07) is 0.337. The van der Waals surface area contributed by atoms with Gasteiger partial charge in [0.1, 0.15) is 6.61 Å². The lowest BCUT2D eigenvalue weighted by Gasteiger charge is -2.37. The first-order chi connectivity index (χ1) is 12.3. The zero-order valence-corrected chi connectivity index (χ0v) is 16.4. The Morgan fingerprint density at radius 1 is 1.16 bits per heavy atom. The van der Waals surface area contributed by atoms with Crippen LogP contribution < -0.4 is 5.32 Å². The van der Waals surface area contributed by atoms with Gasteiger partial charge < -0.3 is 19.7 Å². The molecular weight excluding hydrogens is 336 g/mol. The van der Waals surface area contributed by atoms with E-state index in [-0.39, 0.29) is 18.6 Å². The Bertz CT molecular complexity index is 411. The van der Waals surface area contributed by atoms with Gasteiger partial charge in [-0.3, -0.25) is 4.79 Å². The van der Waals surface area contributed by atoms with Crippen molar-refractivity contribution in [3.8, 4) is 0 Å². The molecule has 0 aromatic rings. The van der Waals surface area contributed by atoms with Gasteiger partial charge in [-0.1, -0.05) is 0 Å². The van der Waals surface area contributed by atoms with Crippen molar-refractivity contribution in [2.45, 2.75) is 74.9 Å². The van der Waals surface area contributed by atoms with Gasteiger partial charge in [0, 0.05) is 31.5 Å². The number of rotatable bonds is 7. The molecule has 0 aromatic heterocycles. The molecule has 1 saturated carbocycles. The lowest BCUT2D eigenvalue weighted by atomic mass is 9.95. The van der Waals surface area contributed by atoms with Crippen LogP contribution in [0.25, 0.3) is 0 Å². The van der Waals surface area contributed by atoms with Crippen LogP contribution in [-0.2, 0) is 14.3 Å². The molecule has 25 heavy (non-hydrogen) atoms. The van der Waals surface area contributed by atoms with E-state index in [0.717, 1.165) is 58.2 Å². The Morgan fingerprint density at radius 2 is 2.04 bits per heavy atom. The zero-order valence-electron chi connectivity index (χ0n) is 15.6. The van der Waals surface area contributed by atoms with E-state index in [9.17, 15) is 4.79 Å². The largest absolute Gasteiger partial charge is 0.381 e. The SMILES string of the molecule is COC1CCCC(OCC(=O)N(CC2CCCS2)C2CCCNC2)C1. The predicted octanol–water partition coefficient (Wildman–Crippen LogP) is 2.44. The Kier molecular flexibility index (Phi) is 7.90. The summed E-state index contributed by atoms with van der Waals surface area (Å²) in [5.41, 5.74) is 0. The number of hydrogen-bond acceptors (Lipinski definition) is 5. The highest BCUT2D eigenvalue weighted by Gasteiger charge is 2.30. The van der Waals surface area contributed by atoms with Gasteiger partial charge >= 0.3 is 0 Å². The maximum atomic E-state index is 13.0. The fraction of sp³-hybridized carbons (Fsp3) is 0.947. The highest BCUT2D eigenvalue weighted by molar-refractivity contribution is 8.00. The molecule has 1 aliphatic carbocycles. The Hall–Kier alpha value is -0.300. The fourth-order valence-corrected chi connectivity index (χ4v) is 5.57. The van der Waals surface area contributed by atoms with Crippen LogP contribution in [0.3, 0.4) is 0 Å². The van der Waals surface area contributed by atoms with Gasteiger partial charge in [0.25, 0.3) is 0 Å². The Balaban J connectivity index is 1.52. The summed E-state index contributed by atoms with van der Waals surface area (Å²) in [4.78, 5) is 15.1. The molecule has 0 bridgehead atoms. The van der Waals surface area contributed by atoms with Gasteiger partial charge in [0.2, 0.25) is 5.91 Å². The summed E-state index contributed by atoms with van der Waals surface area (Å²) < 4.78 is 11.5. The van der Waals surface area contributed by atoms with E-state index in [1.807, 2.05) is 11.8 Å². The number of carbonyl (C=O) groups excluding carboxylic acids is 1. The maximum Gasteiger partial charge on any atom is 0.248 e. The van der Waals surface area contributed by atoms with Crippen molar-refractivity contribution in [2.24, 2.45) is 0 Å². The van der Waals surface area contributed by atoms with Crippen molar-refractivity contribution < 1.29 is 14.3 Å². The molecule has 0 spiro atoms. The third-order valence-electron chi connectivity index (χ3n) is 5.81. The topological polar surface area (TPSA) is 50.8 Å². The molecule has 4 atom stereocenters. The molecule has 1 N–H and O–H groups in total. The van der Waals surface area contributed by atoms with Gasteiger partial charge in [-0.15, -0.1) is 0 Å². The molecule has 2 aliphatic heterocycles. The number of nitrogens with zero attached hydrogens (tertiary/aromatic N) is 1. The third kappa shape index (κ3) is 5.84. The Morgan fingerprint density at radius 3 is 2.76 bits per heavy atom. The standard InChI is InChI=1S/C19H34N2O3S/c1-23-16-6-2-7-17(11-16)24-14-19(22)21(13-18-8-4-10-25-18)15-5-3-9-20-12-15/h15-18,20H,2-14H2,1H3. The summed E-state index contributed by atoms with van der Waals surface area (Å²) >= 11 is 2.03. The van der Waals surface area contributed by atoms with E-state index in [1.54, 1.807) is 7.11 Å². The number of methoxy groups -OCH3 is 1. The van der Waals surface area contributed by atoms with Gasteiger partial charge in [-0.25, -0.2) is 0 Å². The van der Waals surface area contributed by atoms with Gasteiger partial charge in [-0.2, -0.15) is 11.8 Å². The van der Waals surface area contributed by atoms with Gasteiger partial charge in [0.15, 0.2) is 0 Å². The minimum Gasteiger partial charge on any atom is -0.381 e. The molecule has 4 unspecified atom stereocenters. The van der Waals surface area contributed by atoms with Crippen molar-refractivity contribution >= 4 is 17.7 Å². The van der Waals surface area contributed by atoms with Crippen LogP contribution in [0.5, 0.6) is 0 Å². The molecule has 144 valence electrons. The molecule has 0 radical (unpaired) electrons. The molecule has 6 heteroatoms. The van der Waals surface area contributed by atoms with Crippen LogP contribution >= 0.6 is 11.8 Å². The van der Waals surface area contributed by atoms with E-state index in [4.69, 9.17) is 9.47 Å². The van der Waals surface area contributed by atoms with Crippen LogP contribution in [0, 0.1) is 0 Å². The van der Waals surface area contributed by atoms with Crippen molar-refractivity contribution in [1.29, 1.82) is 0 Å². The van der Waals surface area contributed by atoms with Crippen molar-refractivity contribution in [3.63, 3.8) is 0 Å². The fourth-order valence-electron chi connectivity index (χ4n) is 4.30. The quantitative estimate of drug-likeness (QED) is 0.746. The molecule has 0 aromatic carbocycles. The van der Waals surface area contributed by atoms with E-state index < -0.39 is 0 Å². The molecule has 2 saturated heterocycles. The van der Waals surface area contributed by atoms with Gasteiger partial charge in [-0.05, 0) is 63.7 Å². The summed E-state index contributed by atoms with van der Waals surface area (Å²) in [6.07, 6.45) is 9.50. The molecular formula is C19H34N2O3S. The lowest BCUT2D eigenvalue weighted by Crippen LogP contribution is -2.52. The van der Waals surface area contributed by atoms with E-state index >= 15 is 0 Å². The van der Waals surface area contributed by atoms with E-state index in [1.165, 1.54) is 18.6 Å². The third-order valence-corrected chi connectivity index (χ3v) is 7.19. The van der Waals surface area contributed by atoms with Gasteiger partial charge in [0.05, 0.1) is 12.2 Å². The number of amides is 1. The maximum absolute atomic E-state index is 13.0. The van der Waals surface area contributed by atoms with Crippen molar-refractivity contribution in [1.82, 2.24) is 10.2 Å². The lowest BCUT2D eigenvalue weighted by molar-refractivity contribution is -0.142. The van der Waals surface area contributed by atoms with Crippen molar-refractivity contribution in [2.75, 3.05) is 39.1 Å². The number of nitrogens with one attached hydrogen (secondary N) is 1. The van der Waals surface area contributed by atoms with Crippen LogP contribution in [0.15, 0.2) is 0 Å². The van der Waals surface area contributed by atoms with Crippen LogP contribution in [0.4, 0.5) is 0 Å². The second-order valence-corrected chi connectivity index (χ2v) is 9.05. The Labute approximate surface area is 156 Å². The minimum absolute atomic E-state index is 0.176. The molecule has 3 aliphatic rings. The normalized spacial score (nSPS) is 33.3. The highest BCUT2D eigenvalue weighted by atomic mass is 32.2. The minimum atomic E-state index is 0.176. The first-order valence-electron chi connectivity index (χ1n) is 10.0. The summed E-state index contributed by atoms with van der Waals surface area (Å²) in [7, 11) is 1.77. The van der Waals surface area contributed by atoms with E-state index in [2.05, 4.69) is 10.2 Å². The van der Waals surface area contributed by atoms with Crippen molar-refractivity contribution in [3.05, 3.63) is 0 Å². The highest BCUT2D eigenvalue weighted by Crippen LogP contribution is 2.28. The number of carbonyl (C=O) groups is 1. The number of ether oxygens (including phenoxy) is 2. The van der Waals surface area contributed by atoms with Crippen LogP contribution in [-0.4, -0.2) is 73.4 Å². The second kappa shape index (κ2) is 10.1. The average molecular weight is 371 g/mol. The van der Waals surface area contributed by atoms with E-state index in [0.29, 0.717) is 17.4 Å².